The molecule has 2 aromatic rings. The minimum atomic E-state index is -0.553. The molecule has 9 heteroatoms. The number of hydrogen-bond acceptors (Lipinski definition) is 6. The van der Waals surface area contributed by atoms with Crippen LogP contribution in [0.3, 0.4) is 0 Å². The lowest BCUT2D eigenvalue weighted by molar-refractivity contribution is -0.384. The quantitative estimate of drug-likeness (QED) is 0.634. The highest BCUT2D eigenvalue weighted by atomic mass is 35.5. The monoisotopic (exact) mass is 322 g/mol. The van der Waals surface area contributed by atoms with Crippen molar-refractivity contribution in [2.75, 3.05) is 13.1 Å². The molecule has 0 N–H and O–H groups in total. The molecule has 1 aromatic carbocycles. The summed E-state index contributed by atoms with van der Waals surface area (Å²) < 4.78 is 4.71. The minimum absolute atomic E-state index is 0.0273. The van der Waals surface area contributed by atoms with E-state index in [-0.39, 0.29) is 28.1 Å². The van der Waals surface area contributed by atoms with Crippen molar-refractivity contribution in [3.8, 4) is 0 Å². The third kappa shape index (κ3) is 2.64. The van der Waals surface area contributed by atoms with Crippen molar-refractivity contribution >= 4 is 23.2 Å². The van der Waals surface area contributed by atoms with E-state index in [4.69, 9.17) is 16.1 Å². The van der Waals surface area contributed by atoms with Gasteiger partial charge in [-0.1, -0.05) is 16.8 Å². The lowest BCUT2D eigenvalue weighted by atomic mass is 10.1. The molecule has 0 aliphatic carbocycles. The van der Waals surface area contributed by atoms with Gasteiger partial charge in [-0.05, 0) is 12.5 Å². The Morgan fingerprint density at radius 2 is 2.32 bits per heavy atom. The van der Waals surface area contributed by atoms with E-state index in [0.717, 1.165) is 6.42 Å². The molecule has 2 heterocycles. The number of nitro groups is 1. The summed E-state index contributed by atoms with van der Waals surface area (Å²) in [6.45, 7) is 1.01. The molecule has 0 bridgehead atoms. The van der Waals surface area contributed by atoms with Crippen LogP contribution in [-0.2, 0) is 0 Å². The van der Waals surface area contributed by atoms with Gasteiger partial charge >= 0.3 is 0 Å². The van der Waals surface area contributed by atoms with E-state index in [0.29, 0.717) is 18.9 Å². The smallest absolute Gasteiger partial charge is 0.270 e. The van der Waals surface area contributed by atoms with Crippen molar-refractivity contribution in [3.05, 3.63) is 51.1 Å². The highest BCUT2D eigenvalue weighted by Gasteiger charge is 2.31. The number of carbonyl (C=O) groups is 1. The Bertz CT molecular complexity index is 719. The first-order valence-electron chi connectivity index (χ1n) is 6.55. The molecule has 1 saturated heterocycles. The average Bonchev–Trinajstić information content (AvgIpc) is 3.17. The molecule has 1 aliphatic heterocycles. The van der Waals surface area contributed by atoms with E-state index in [1.54, 1.807) is 4.90 Å². The molecule has 1 amide bonds. The van der Waals surface area contributed by atoms with Crippen LogP contribution < -0.4 is 0 Å². The van der Waals surface area contributed by atoms with Crippen LogP contribution in [-0.4, -0.2) is 39.0 Å². The number of non-ortho nitro benzene ring substituents is 1. The number of amides is 1. The Kier molecular flexibility index (Phi) is 3.76. The summed E-state index contributed by atoms with van der Waals surface area (Å²) >= 11 is 5.99. The van der Waals surface area contributed by atoms with Gasteiger partial charge in [0.25, 0.3) is 11.6 Å². The van der Waals surface area contributed by atoms with Crippen molar-refractivity contribution in [1.82, 2.24) is 15.0 Å². The van der Waals surface area contributed by atoms with Gasteiger partial charge in [-0.25, -0.2) is 0 Å². The SMILES string of the molecule is O=C(c1ccc([N+](=O)[O-])cc1Cl)N1CCC(c2ncon2)C1. The van der Waals surface area contributed by atoms with Gasteiger partial charge in [0.15, 0.2) is 5.82 Å². The van der Waals surface area contributed by atoms with Crippen LogP contribution in [0.15, 0.2) is 29.1 Å². The zero-order valence-electron chi connectivity index (χ0n) is 11.3. The molecule has 22 heavy (non-hydrogen) atoms. The van der Waals surface area contributed by atoms with Gasteiger partial charge < -0.3 is 9.42 Å². The molecule has 8 nitrogen and oxygen atoms in total. The lowest BCUT2D eigenvalue weighted by Crippen LogP contribution is -2.28. The average molecular weight is 323 g/mol. The molecule has 0 saturated carbocycles. The number of aromatic nitrogens is 2. The summed E-state index contributed by atoms with van der Waals surface area (Å²) in [6.07, 6.45) is 1.99. The molecule has 1 atom stereocenters. The van der Waals surface area contributed by atoms with Crippen LogP contribution in [0.2, 0.25) is 5.02 Å². The fourth-order valence-corrected chi connectivity index (χ4v) is 2.73. The number of rotatable bonds is 3. The van der Waals surface area contributed by atoms with Crippen LogP contribution in [0.5, 0.6) is 0 Å². The maximum absolute atomic E-state index is 12.5. The number of halogens is 1. The van der Waals surface area contributed by atoms with Gasteiger partial charge in [0, 0.05) is 31.1 Å². The lowest BCUT2D eigenvalue weighted by Gasteiger charge is -2.16. The largest absolute Gasteiger partial charge is 0.343 e. The van der Waals surface area contributed by atoms with Gasteiger partial charge in [0.1, 0.15) is 0 Å². The number of nitrogens with zero attached hydrogens (tertiary/aromatic N) is 4. The van der Waals surface area contributed by atoms with Crippen LogP contribution in [0, 0.1) is 10.1 Å². The Morgan fingerprint density at radius 3 is 2.95 bits per heavy atom. The van der Waals surface area contributed by atoms with E-state index in [1.165, 1.54) is 24.6 Å². The third-order valence-electron chi connectivity index (χ3n) is 3.61. The summed E-state index contributed by atoms with van der Waals surface area (Å²) in [5.41, 5.74) is 0.105. The van der Waals surface area contributed by atoms with Crippen LogP contribution in [0.4, 0.5) is 5.69 Å². The van der Waals surface area contributed by atoms with Gasteiger partial charge in [-0.15, -0.1) is 0 Å². The molecular weight excluding hydrogens is 312 g/mol. The number of likely N-dealkylation sites (tertiary alicyclic amines) is 1. The molecule has 1 fully saturated rings. The first kappa shape index (κ1) is 14.5. The highest BCUT2D eigenvalue weighted by molar-refractivity contribution is 6.34. The summed E-state index contributed by atoms with van der Waals surface area (Å²) in [5, 5.41) is 14.6. The topological polar surface area (TPSA) is 102 Å². The van der Waals surface area contributed by atoms with E-state index in [9.17, 15) is 14.9 Å². The molecule has 1 unspecified atom stereocenters. The molecule has 3 rings (SSSR count). The van der Waals surface area contributed by atoms with Crippen LogP contribution >= 0.6 is 11.6 Å². The van der Waals surface area contributed by atoms with E-state index < -0.39 is 4.92 Å². The van der Waals surface area contributed by atoms with Crippen molar-refractivity contribution in [2.45, 2.75) is 12.3 Å². The Morgan fingerprint density at radius 1 is 1.50 bits per heavy atom. The number of benzene rings is 1. The maximum Gasteiger partial charge on any atom is 0.270 e. The molecule has 0 spiro atoms. The number of nitro benzene ring substituents is 1. The second-order valence-electron chi connectivity index (χ2n) is 4.95. The van der Waals surface area contributed by atoms with E-state index in [2.05, 4.69) is 10.1 Å². The van der Waals surface area contributed by atoms with Gasteiger partial charge in [-0.3, -0.25) is 14.9 Å². The first-order chi connectivity index (χ1) is 10.6. The second kappa shape index (κ2) is 5.72. The van der Waals surface area contributed by atoms with E-state index >= 15 is 0 Å². The predicted molar refractivity (Wildman–Crippen MR) is 75.7 cm³/mol. The standard InChI is InChI=1S/C13H11ClN4O4/c14-11-5-9(18(20)21)1-2-10(11)13(19)17-4-3-8(6-17)12-15-7-22-16-12/h1-2,5,7-8H,3-4,6H2. The molecule has 114 valence electrons. The minimum Gasteiger partial charge on any atom is -0.343 e. The highest BCUT2D eigenvalue weighted by Crippen LogP contribution is 2.28. The number of carbonyl (C=O) groups excluding carboxylic acids is 1. The molecule has 0 radical (unpaired) electrons. The van der Waals surface area contributed by atoms with Crippen molar-refractivity contribution in [2.24, 2.45) is 0 Å². The molecule has 1 aromatic heterocycles. The van der Waals surface area contributed by atoms with Crippen LogP contribution in [0.1, 0.15) is 28.5 Å². The zero-order chi connectivity index (χ0) is 15.7. The predicted octanol–water partition coefficient (Wildman–Crippen LogP) is 2.26. The Labute approximate surface area is 129 Å². The fourth-order valence-electron chi connectivity index (χ4n) is 2.48. The first-order valence-corrected chi connectivity index (χ1v) is 6.93. The third-order valence-corrected chi connectivity index (χ3v) is 3.93. The van der Waals surface area contributed by atoms with Gasteiger partial charge in [-0.2, -0.15) is 4.98 Å². The van der Waals surface area contributed by atoms with Crippen LogP contribution in [0.25, 0.3) is 0 Å². The Balaban J connectivity index is 1.76. The molecular formula is C13H11ClN4O4. The van der Waals surface area contributed by atoms with Gasteiger partial charge in [0.05, 0.1) is 15.5 Å². The van der Waals surface area contributed by atoms with E-state index in [1.807, 2.05) is 0 Å². The molecule has 1 aliphatic rings. The summed E-state index contributed by atoms with van der Waals surface area (Å²) in [4.78, 5) is 28.2. The normalized spacial score (nSPS) is 17.7. The fraction of sp³-hybridized carbons (Fsp3) is 0.308. The van der Waals surface area contributed by atoms with Crippen molar-refractivity contribution < 1.29 is 14.2 Å². The summed E-state index contributed by atoms with van der Waals surface area (Å²) in [6, 6.07) is 3.83. The van der Waals surface area contributed by atoms with Crippen molar-refractivity contribution in [1.29, 1.82) is 0 Å². The number of hydrogen-bond donors (Lipinski definition) is 0. The summed E-state index contributed by atoms with van der Waals surface area (Å²) in [5.74, 6) is 0.343. The Hall–Kier alpha value is -2.48. The van der Waals surface area contributed by atoms with Gasteiger partial charge in [0.2, 0.25) is 6.39 Å². The zero-order valence-corrected chi connectivity index (χ0v) is 12.1. The van der Waals surface area contributed by atoms with Crippen molar-refractivity contribution in [3.63, 3.8) is 0 Å². The summed E-state index contributed by atoms with van der Waals surface area (Å²) in [7, 11) is 0. The maximum atomic E-state index is 12.5. The second-order valence-corrected chi connectivity index (χ2v) is 5.35.